The fraction of sp³-hybridized carbons (Fsp3) is 0.444. The third kappa shape index (κ3) is 1.30. The molecule has 74 valence electrons. The van der Waals surface area contributed by atoms with Gasteiger partial charge in [-0.3, -0.25) is 15.0 Å². The molecule has 0 aromatic carbocycles. The summed E-state index contributed by atoms with van der Waals surface area (Å²) in [6.07, 6.45) is 3.37. The van der Waals surface area contributed by atoms with E-state index in [-0.39, 0.29) is 5.54 Å². The molecule has 2 rings (SSSR count). The van der Waals surface area contributed by atoms with E-state index in [0.29, 0.717) is 12.5 Å². The molecule has 14 heavy (non-hydrogen) atoms. The van der Waals surface area contributed by atoms with Gasteiger partial charge >= 0.3 is 0 Å². The number of guanidine groups is 1. The molecule has 1 unspecified atom stereocenters. The van der Waals surface area contributed by atoms with Gasteiger partial charge in [-0.25, -0.2) is 0 Å². The van der Waals surface area contributed by atoms with Gasteiger partial charge in [0.05, 0.1) is 17.9 Å². The number of aromatic nitrogens is 2. The fourth-order valence-electron chi connectivity index (χ4n) is 1.69. The standard InChI is InChI=1S/C9H13N5/c1-6-7(12-4-3-11-6)9(2)5-13-8(10)14-9/h3-4H,5H2,1-2H3,(H3,10,13,14). The first-order chi connectivity index (χ1) is 6.62. The van der Waals surface area contributed by atoms with Crippen LogP contribution in [0.25, 0.3) is 0 Å². The summed E-state index contributed by atoms with van der Waals surface area (Å²) in [6.45, 7) is 4.56. The van der Waals surface area contributed by atoms with Gasteiger partial charge in [0.1, 0.15) is 5.54 Å². The van der Waals surface area contributed by atoms with Gasteiger partial charge in [0, 0.05) is 12.4 Å². The SMILES string of the molecule is Cc1nccnc1C1(C)CN=C(N)N1. The third-order valence-corrected chi connectivity index (χ3v) is 2.37. The maximum Gasteiger partial charge on any atom is 0.189 e. The van der Waals surface area contributed by atoms with Crippen LogP contribution in [0.2, 0.25) is 0 Å². The highest BCUT2D eigenvalue weighted by molar-refractivity contribution is 5.80. The second-order valence-electron chi connectivity index (χ2n) is 3.65. The minimum absolute atomic E-state index is 0.303. The van der Waals surface area contributed by atoms with Crippen LogP contribution in [0.1, 0.15) is 18.3 Å². The lowest BCUT2D eigenvalue weighted by Crippen LogP contribution is -2.44. The van der Waals surface area contributed by atoms with E-state index in [0.717, 1.165) is 11.4 Å². The molecular weight excluding hydrogens is 178 g/mol. The zero-order valence-electron chi connectivity index (χ0n) is 8.28. The number of nitrogens with one attached hydrogen (secondary N) is 1. The predicted molar refractivity (Wildman–Crippen MR) is 53.7 cm³/mol. The van der Waals surface area contributed by atoms with E-state index in [1.807, 2.05) is 13.8 Å². The molecule has 0 spiro atoms. The first kappa shape index (κ1) is 8.93. The Labute approximate surface area is 82.5 Å². The topological polar surface area (TPSA) is 76.2 Å². The lowest BCUT2D eigenvalue weighted by atomic mass is 9.97. The van der Waals surface area contributed by atoms with E-state index in [2.05, 4.69) is 20.3 Å². The van der Waals surface area contributed by atoms with Crippen molar-refractivity contribution < 1.29 is 0 Å². The Morgan fingerprint density at radius 1 is 1.43 bits per heavy atom. The van der Waals surface area contributed by atoms with Crippen molar-refractivity contribution in [3.8, 4) is 0 Å². The van der Waals surface area contributed by atoms with Crippen LogP contribution < -0.4 is 11.1 Å². The molecule has 5 heteroatoms. The van der Waals surface area contributed by atoms with Crippen molar-refractivity contribution in [2.75, 3.05) is 6.54 Å². The van der Waals surface area contributed by atoms with Gasteiger partial charge in [0.2, 0.25) is 0 Å². The average Bonchev–Trinajstić information content (AvgIpc) is 2.48. The predicted octanol–water partition coefficient (Wildman–Crippen LogP) is -0.0819. The Morgan fingerprint density at radius 2 is 2.14 bits per heavy atom. The van der Waals surface area contributed by atoms with E-state index in [4.69, 9.17) is 5.73 Å². The monoisotopic (exact) mass is 191 g/mol. The van der Waals surface area contributed by atoms with Crippen LogP contribution in [0, 0.1) is 6.92 Å². The Hall–Kier alpha value is -1.65. The molecule has 0 amide bonds. The number of rotatable bonds is 1. The molecule has 0 fully saturated rings. The molecule has 2 heterocycles. The maximum atomic E-state index is 5.59. The minimum atomic E-state index is -0.303. The quantitative estimate of drug-likeness (QED) is 0.651. The summed E-state index contributed by atoms with van der Waals surface area (Å²) in [5.41, 5.74) is 7.10. The van der Waals surface area contributed by atoms with Crippen molar-refractivity contribution in [2.24, 2.45) is 10.7 Å². The van der Waals surface area contributed by atoms with Crippen LogP contribution in [0.15, 0.2) is 17.4 Å². The number of hydrogen-bond donors (Lipinski definition) is 2. The van der Waals surface area contributed by atoms with Crippen molar-refractivity contribution >= 4 is 5.96 Å². The molecule has 5 nitrogen and oxygen atoms in total. The van der Waals surface area contributed by atoms with E-state index in [1.54, 1.807) is 12.4 Å². The second-order valence-corrected chi connectivity index (χ2v) is 3.65. The summed E-state index contributed by atoms with van der Waals surface area (Å²) >= 11 is 0. The number of aryl methyl sites for hydroxylation is 1. The van der Waals surface area contributed by atoms with Crippen molar-refractivity contribution in [1.82, 2.24) is 15.3 Å². The summed E-state index contributed by atoms with van der Waals surface area (Å²) in [4.78, 5) is 12.6. The highest BCUT2D eigenvalue weighted by atomic mass is 15.2. The molecule has 1 aliphatic rings. The number of nitrogens with zero attached hydrogens (tertiary/aromatic N) is 3. The molecule has 1 aromatic heterocycles. The van der Waals surface area contributed by atoms with E-state index in [1.165, 1.54) is 0 Å². The molecule has 0 bridgehead atoms. The Kier molecular flexibility index (Phi) is 1.87. The summed E-state index contributed by atoms with van der Waals surface area (Å²) in [5, 5.41) is 3.11. The minimum Gasteiger partial charge on any atom is -0.370 e. The molecule has 1 aromatic rings. The molecule has 0 radical (unpaired) electrons. The van der Waals surface area contributed by atoms with Gasteiger partial charge in [-0.2, -0.15) is 0 Å². The molecule has 1 atom stereocenters. The zero-order chi connectivity index (χ0) is 10.2. The van der Waals surface area contributed by atoms with Gasteiger partial charge in [-0.1, -0.05) is 0 Å². The second kappa shape index (κ2) is 2.94. The van der Waals surface area contributed by atoms with Crippen molar-refractivity contribution in [2.45, 2.75) is 19.4 Å². The maximum absolute atomic E-state index is 5.59. The number of nitrogens with two attached hydrogens (primary N) is 1. The smallest absolute Gasteiger partial charge is 0.189 e. The summed E-state index contributed by atoms with van der Waals surface area (Å²) < 4.78 is 0. The van der Waals surface area contributed by atoms with E-state index >= 15 is 0 Å². The van der Waals surface area contributed by atoms with E-state index in [9.17, 15) is 0 Å². The number of hydrogen-bond acceptors (Lipinski definition) is 5. The first-order valence-electron chi connectivity index (χ1n) is 4.48. The van der Waals surface area contributed by atoms with Crippen molar-refractivity contribution in [3.63, 3.8) is 0 Å². The summed E-state index contributed by atoms with van der Waals surface area (Å²) in [6, 6.07) is 0. The van der Waals surface area contributed by atoms with Crippen LogP contribution in [-0.2, 0) is 5.54 Å². The lowest BCUT2D eigenvalue weighted by Gasteiger charge is -2.24. The molecule has 0 saturated carbocycles. The van der Waals surface area contributed by atoms with Crippen molar-refractivity contribution in [1.29, 1.82) is 0 Å². The first-order valence-corrected chi connectivity index (χ1v) is 4.48. The lowest BCUT2D eigenvalue weighted by molar-refractivity contribution is 0.459. The van der Waals surface area contributed by atoms with Gasteiger partial charge in [0.25, 0.3) is 0 Å². The number of aliphatic imine (C=N–C) groups is 1. The largest absolute Gasteiger partial charge is 0.370 e. The van der Waals surface area contributed by atoms with Gasteiger partial charge in [0.15, 0.2) is 5.96 Å². The van der Waals surface area contributed by atoms with Crippen LogP contribution in [-0.4, -0.2) is 22.5 Å². The molecule has 1 aliphatic heterocycles. The van der Waals surface area contributed by atoms with Gasteiger partial charge in [-0.05, 0) is 13.8 Å². The summed E-state index contributed by atoms with van der Waals surface area (Å²) in [7, 11) is 0. The highest BCUT2D eigenvalue weighted by Gasteiger charge is 2.34. The van der Waals surface area contributed by atoms with Gasteiger partial charge in [-0.15, -0.1) is 0 Å². The van der Waals surface area contributed by atoms with Crippen LogP contribution in [0.5, 0.6) is 0 Å². The molecule has 0 saturated heterocycles. The molecular formula is C9H13N5. The third-order valence-electron chi connectivity index (χ3n) is 2.37. The van der Waals surface area contributed by atoms with E-state index < -0.39 is 0 Å². The molecule has 3 N–H and O–H groups in total. The van der Waals surface area contributed by atoms with Gasteiger partial charge < -0.3 is 11.1 Å². The normalized spacial score (nSPS) is 25.7. The Bertz CT molecular complexity index is 387. The Morgan fingerprint density at radius 3 is 2.71 bits per heavy atom. The fourth-order valence-corrected chi connectivity index (χ4v) is 1.69. The molecule has 0 aliphatic carbocycles. The van der Waals surface area contributed by atoms with Crippen LogP contribution in [0.4, 0.5) is 0 Å². The van der Waals surface area contributed by atoms with Crippen LogP contribution in [0.3, 0.4) is 0 Å². The average molecular weight is 191 g/mol. The van der Waals surface area contributed by atoms with Crippen molar-refractivity contribution in [3.05, 3.63) is 23.8 Å². The Balaban J connectivity index is 2.37. The van der Waals surface area contributed by atoms with Crippen LogP contribution >= 0.6 is 0 Å². The zero-order valence-corrected chi connectivity index (χ0v) is 8.28. The summed E-state index contributed by atoms with van der Waals surface area (Å²) in [5.74, 6) is 0.470. The highest BCUT2D eigenvalue weighted by Crippen LogP contribution is 2.23.